The van der Waals surface area contributed by atoms with Gasteiger partial charge in [-0.05, 0) is 6.32 Å². The number of hydrogen-bond acceptors (Lipinski definition) is 5. The quantitative estimate of drug-likeness (QED) is 0.568. The highest BCUT2D eigenvalue weighted by Gasteiger charge is 2.11. The van der Waals surface area contributed by atoms with E-state index in [4.69, 9.17) is 7.85 Å². The zero-order valence-corrected chi connectivity index (χ0v) is 8.92. The Balaban J connectivity index is 2.38. The summed E-state index contributed by atoms with van der Waals surface area (Å²) in [5.41, 5.74) is 0. The lowest BCUT2D eigenvalue weighted by atomic mass is 10.1. The number of nitrogens with zero attached hydrogens (tertiary/aromatic N) is 1. The third-order valence-electron chi connectivity index (χ3n) is 1.83. The molecule has 0 saturated heterocycles. The summed E-state index contributed by atoms with van der Waals surface area (Å²) in [6.45, 7) is 0.0671. The molecule has 8 heteroatoms. The fraction of sp³-hybridized carbons (Fsp3) is 0.333. The maximum absolute atomic E-state index is 11.2. The summed E-state index contributed by atoms with van der Waals surface area (Å²) in [4.78, 5) is 26.6. The summed E-state index contributed by atoms with van der Waals surface area (Å²) in [6, 6.07) is 2.33. The van der Waals surface area contributed by atoms with Gasteiger partial charge in [-0.2, -0.15) is 0 Å². The van der Waals surface area contributed by atoms with Crippen molar-refractivity contribution in [3.05, 3.63) is 12.1 Å². The summed E-state index contributed by atoms with van der Waals surface area (Å²) < 4.78 is 0.576. The van der Waals surface area contributed by atoms with Gasteiger partial charge >= 0.3 is 5.97 Å². The summed E-state index contributed by atoms with van der Waals surface area (Å²) >= 11 is 0. The van der Waals surface area contributed by atoms with Gasteiger partial charge in [-0.1, -0.05) is 0 Å². The molecule has 0 atom stereocenters. The number of carbonyl (C=O) groups is 2. The highest BCUT2D eigenvalue weighted by atomic mass is 16.7. The van der Waals surface area contributed by atoms with Crippen molar-refractivity contribution in [3.63, 3.8) is 0 Å². The summed E-state index contributed by atoms with van der Waals surface area (Å²) in [7, 11) is 5.04. The van der Waals surface area contributed by atoms with Crippen LogP contribution in [-0.4, -0.2) is 41.2 Å². The normalized spacial score (nSPS) is 9.88. The third-order valence-corrected chi connectivity index (χ3v) is 1.83. The number of aromatic nitrogens is 1. The number of nitrogens with one attached hydrogen (secondary N) is 1. The number of rotatable bonds is 5. The Hall–Kier alpha value is -2.12. The van der Waals surface area contributed by atoms with Crippen LogP contribution in [0.4, 0.5) is 0 Å². The molecule has 0 aliphatic rings. The van der Waals surface area contributed by atoms with Gasteiger partial charge in [0.05, 0.1) is 14.3 Å². The predicted molar refractivity (Wildman–Crippen MR) is 57.5 cm³/mol. The van der Waals surface area contributed by atoms with E-state index in [-0.39, 0.29) is 25.2 Å². The van der Waals surface area contributed by atoms with Crippen LogP contribution in [0.2, 0.25) is 6.32 Å². The molecule has 0 unspecified atom stereocenters. The van der Waals surface area contributed by atoms with E-state index >= 15 is 0 Å². The Kier molecular flexibility index (Phi) is 4.44. The number of aromatic hydroxyl groups is 2. The van der Waals surface area contributed by atoms with E-state index in [2.05, 4.69) is 10.2 Å². The van der Waals surface area contributed by atoms with Gasteiger partial charge in [-0.3, -0.25) is 4.79 Å². The molecule has 1 aromatic heterocycles. The van der Waals surface area contributed by atoms with Crippen molar-refractivity contribution in [2.45, 2.75) is 12.7 Å². The molecular weight excluding hydrogens is 227 g/mol. The van der Waals surface area contributed by atoms with Gasteiger partial charge in [0.2, 0.25) is 17.7 Å². The highest BCUT2D eigenvalue weighted by molar-refractivity contribution is 6.19. The molecule has 17 heavy (non-hydrogen) atoms. The molecule has 1 aromatic rings. The van der Waals surface area contributed by atoms with E-state index in [1.807, 2.05) is 0 Å². The largest absolute Gasteiger partial charge is 0.492 e. The Bertz CT molecular complexity index is 398. The molecule has 0 aliphatic carbocycles. The van der Waals surface area contributed by atoms with Crippen molar-refractivity contribution in [1.29, 1.82) is 0 Å². The fourth-order valence-corrected chi connectivity index (χ4v) is 1.02. The molecule has 0 bridgehead atoms. The van der Waals surface area contributed by atoms with Crippen LogP contribution in [0.3, 0.4) is 0 Å². The highest BCUT2D eigenvalue weighted by Crippen LogP contribution is 2.18. The second-order valence-electron chi connectivity index (χ2n) is 3.11. The molecule has 1 rings (SSSR count). The molecule has 0 aliphatic heterocycles. The van der Waals surface area contributed by atoms with Gasteiger partial charge in [0, 0.05) is 18.7 Å². The van der Waals surface area contributed by atoms with E-state index in [9.17, 15) is 19.8 Å². The third kappa shape index (κ3) is 3.74. The second-order valence-corrected chi connectivity index (χ2v) is 3.11. The zero-order chi connectivity index (χ0) is 12.8. The van der Waals surface area contributed by atoms with Gasteiger partial charge in [0.15, 0.2) is 0 Å². The van der Waals surface area contributed by atoms with Crippen LogP contribution in [0.5, 0.6) is 11.8 Å². The summed E-state index contributed by atoms with van der Waals surface area (Å²) in [6.07, 6.45) is -0.267. The van der Waals surface area contributed by atoms with E-state index in [0.29, 0.717) is 4.73 Å². The molecule has 1 heterocycles. The van der Waals surface area contributed by atoms with Crippen LogP contribution in [0, 0.1) is 0 Å². The predicted octanol–water partition coefficient (Wildman–Crippen LogP) is -1.05. The van der Waals surface area contributed by atoms with Crippen molar-refractivity contribution >= 4 is 19.7 Å². The first kappa shape index (κ1) is 13.0. The second kappa shape index (κ2) is 5.83. The van der Waals surface area contributed by atoms with Crippen LogP contribution in [0.15, 0.2) is 12.1 Å². The lowest BCUT2D eigenvalue weighted by Gasteiger charge is -2.07. The minimum Gasteiger partial charge on any atom is -0.492 e. The standard InChI is InChI=1S/C9H11BN2O5/c10-5-6(13)11-4-3-9(16)17-12-7(14)1-2-8(12)15/h1-2,14-15H,3-5H2,(H,11,13). The molecule has 90 valence electrons. The van der Waals surface area contributed by atoms with Crippen LogP contribution >= 0.6 is 0 Å². The van der Waals surface area contributed by atoms with Crippen molar-refractivity contribution in [1.82, 2.24) is 10.0 Å². The topological polar surface area (TPSA) is 101 Å². The maximum Gasteiger partial charge on any atom is 0.334 e. The zero-order valence-electron chi connectivity index (χ0n) is 8.92. The molecule has 0 fully saturated rings. The van der Waals surface area contributed by atoms with Gasteiger partial charge in [0.1, 0.15) is 0 Å². The number of carbonyl (C=O) groups excluding carboxylic acids is 2. The van der Waals surface area contributed by atoms with Crippen LogP contribution in [0.25, 0.3) is 0 Å². The van der Waals surface area contributed by atoms with E-state index in [0.717, 1.165) is 0 Å². The number of hydrogen-bond donors (Lipinski definition) is 3. The Morgan fingerprint density at radius 2 is 1.94 bits per heavy atom. The van der Waals surface area contributed by atoms with Crippen LogP contribution < -0.4 is 10.2 Å². The fourth-order valence-electron chi connectivity index (χ4n) is 1.02. The lowest BCUT2D eigenvalue weighted by molar-refractivity contribution is -0.145. The maximum atomic E-state index is 11.2. The van der Waals surface area contributed by atoms with Crippen molar-refractivity contribution in [2.24, 2.45) is 0 Å². The molecule has 7 nitrogen and oxygen atoms in total. The molecule has 3 N–H and O–H groups in total. The first-order chi connectivity index (χ1) is 8.04. The van der Waals surface area contributed by atoms with Gasteiger partial charge in [-0.15, -0.1) is 4.73 Å². The average molecular weight is 238 g/mol. The summed E-state index contributed by atoms with van der Waals surface area (Å²) in [5, 5.41) is 20.7. The molecule has 0 aromatic carbocycles. The van der Waals surface area contributed by atoms with E-state index < -0.39 is 17.7 Å². The first-order valence-corrected chi connectivity index (χ1v) is 4.82. The van der Waals surface area contributed by atoms with E-state index in [1.54, 1.807) is 0 Å². The molecule has 0 spiro atoms. The molecular formula is C9H11BN2O5. The van der Waals surface area contributed by atoms with Crippen LogP contribution in [0.1, 0.15) is 6.42 Å². The molecule has 1 amide bonds. The Morgan fingerprint density at radius 3 is 2.47 bits per heavy atom. The van der Waals surface area contributed by atoms with Crippen molar-refractivity contribution < 1.29 is 24.6 Å². The van der Waals surface area contributed by atoms with E-state index in [1.165, 1.54) is 12.1 Å². The Labute approximate surface area is 98.4 Å². The smallest absolute Gasteiger partial charge is 0.334 e. The van der Waals surface area contributed by atoms with Gasteiger partial charge in [-0.25, -0.2) is 4.79 Å². The minimum atomic E-state index is -0.718. The van der Waals surface area contributed by atoms with Crippen LogP contribution in [-0.2, 0) is 9.59 Å². The van der Waals surface area contributed by atoms with Crippen molar-refractivity contribution in [2.75, 3.05) is 6.54 Å². The lowest BCUT2D eigenvalue weighted by Crippen LogP contribution is -2.28. The Morgan fingerprint density at radius 1 is 1.35 bits per heavy atom. The summed E-state index contributed by atoms with van der Waals surface area (Å²) in [5.74, 6) is -1.91. The minimum absolute atomic E-state index is 0.0671. The average Bonchev–Trinajstić information content (AvgIpc) is 2.60. The number of amides is 1. The molecule has 0 saturated carbocycles. The SMILES string of the molecule is [B]CC(=O)NCCC(=O)On1c(O)ccc1O. The van der Waals surface area contributed by atoms with Gasteiger partial charge < -0.3 is 20.4 Å². The van der Waals surface area contributed by atoms with Gasteiger partial charge in [0.25, 0.3) is 0 Å². The monoisotopic (exact) mass is 238 g/mol. The first-order valence-electron chi connectivity index (χ1n) is 4.82. The molecule has 2 radical (unpaired) electrons. The van der Waals surface area contributed by atoms with Crippen molar-refractivity contribution in [3.8, 4) is 11.8 Å².